The number of para-hydroxylation sites is 1. The molecule has 1 aliphatic heterocycles. The van der Waals surface area contributed by atoms with Crippen LogP contribution in [0.5, 0.6) is 0 Å². The Balaban J connectivity index is 2.14. The van der Waals surface area contributed by atoms with Crippen LogP contribution in [0.3, 0.4) is 0 Å². The van der Waals surface area contributed by atoms with Crippen LogP contribution in [0.15, 0.2) is 29.4 Å². The highest BCUT2D eigenvalue weighted by Gasteiger charge is 2.42. The molecule has 1 heterocycles. The summed E-state index contributed by atoms with van der Waals surface area (Å²) in [5, 5.41) is 42.9. The van der Waals surface area contributed by atoms with Crippen molar-refractivity contribution in [2.75, 3.05) is 11.9 Å². The molecular formula is C12H16N2O5. The third kappa shape index (κ3) is 2.85. The SMILES string of the molecule is OC[C@@H]1O[C@H](Nc2ccccc2/C=N/O)[C@H](O)[C@@H]1O. The summed E-state index contributed by atoms with van der Waals surface area (Å²) in [7, 11) is 0. The Morgan fingerprint density at radius 2 is 2.00 bits per heavy atom. The van der Waals surface area contributed by atoms with Crippen molar-refractivity contribution in [1.82, 2.24) is 0 Å². The van der Waals surface area contributed by atoms with E-state index in [9.17, 15) is 10.2 Å². The number of aliphatic hydroxyl groups is 3. The second-order valence-corrected chi connectivity index (χ2v) is 4.24. The Morgan fingerprint density at radius 1 is 1.26 bits per heavy atom. The van der Waals surface area contributed by atoms with Crippen molar-refractivity contribution < 1.29 is 25.3 Å². The Kier molecular flexibility index (Phi) is 4.33. The van der Waals surface area contributed by atoms with Gasteiger partial charge < -0.3 is 30.6 Å². The molecule has 7 nitrogen and oxygen atoms in total. The first kappa shape index (κ1) is 13.8. The van der Waals surface area contributed by atoms with E-state index in [-0.39, 0.29) is 6.61 Å². The summed E-state index contributed by atoms with van der Waals surface area (Å²) in [5.41, 5.74) is 1.18. The number of nitrogens with zero attached hydrogens (tertiary/aromatic N) is 1. The molecule has 0 saturated carbocycles. The zero-order chi connectivity index (χ0) is 13.8. The Morgan fingerprint density at radius 3 is 2.63 bits per heavy atom. The summed E-state index contributed by atoms with van der Waals surface area (Å²) in [6.45, 7) is -0.379. The molecule has 1 aromatic rings. The van der Waals surface area contributed by atoms with E-state index in [0.717, 1.165) is 0 Å². The van der Waals surface area contributed by atoms with Gasteiger partial charge in [0.25, 0.3) is 0 Å². The molecule has 4 atom stereocenters. The highest BCUT2D eigenvalue weighted by atomic mass is 16.6. The molecule has 0 aromatic heterocycles. The largest absolute Gasteiger partial charge is 0.411 e. The number of ether oxygens (including phenoxy) is 1. The van der Waals surface area contributed by atoms with Crippen molar-refractivity contribution in [2.24, 2.45) is 5.16 Å². The maximum atomic E-state index is 9.81. The van der Waals surface area contributed by atoms with Gasteiger partial charge in [0.1, 0.15) is 18.3 Å². The minimum Gasteiger partial charge on any atom is -0.411 e. The maximum absolute atomic E-state index is 9.81. The van der Waals surface area contributed by atoms with Crippen molar-refractivity contribution >= 4 is 11.9 Å². The first-order valence-electron chi connectivity index (χ1n) is 5.83. The van der Waals surface area contributed by atoms with Gasteiger partial charge in [-0.15, -0.1) is 0 Å². The van der Waals surface area contributed by atoms with E-state index in [1.807, 2.05) is 0 Å². The van der Waals surface area contributed by atoms with Crippen LogP contribution in [0.25, 0.3) is 0 Å². The van der Waals surface area contributed by atoms with Crippen molar-refractivity contribution in [2.45, 2.75) is 24.5 Å². The summed E-state index contributed by atoms with van der Waals surface area (Å²) in [5.74, 6) is 0. The number of nitrogens with one attached hydrogen (secondary N) is 1. The zero-order valence-electron chi connectivity index (χ0n) is 10.0. The molecule has 5 N–H and O–H groups in total. The fourth-order valence-corrected chi connectivity index (χ4v) is 1.98. The Bertz CT molecular complexity index is 454. The number of benzene rings is 1. The topological polar surface area (TPSA) is 115 Å². The van der Waals surface area contributed by atoms with Crippen LogP contribution < -0.4 is 5.32 Å². The molecule has 0 amide bonds. The van der Waals surface area contributed by atoms with Crippen LogP contribution in [0.2, 0.25) is 0 Å². The summed E-state index contributed by atoms with van der Waals surface area (Å²) in [6, 6.07) is 6.95. The quantitative estimate of drug-likeness (QED) is 0.281. The van der Waals surface area contributed by atoms with E-state index in [0.29, 0.717) is 11.3 Å². The first-order valence-corrected chi connectivity index (χ1v) is 5.83. The van der Waals surface area contributed by atoms with Gasteiger partial charge in [-0.1, -0.05) is 23.4 Å². The average Bonchev–Trinajstić information content (AvgIpc) is 2.69. The highest BCUT2D eigenvalue weighted by molar-refractivity contribution is 5.87. The molecule has 0 aliphatic carbocycles. The van der Waals surface area contributed by atoms with Gasteiger partial charge in [0.2, 0.25) is 0 Å². The van der Waals surface area contributed by atoms with E-state index < -0.39 is 24.5 Å². The van der Waals surface area contributed by atoms with Gasteiger partial charge in [0, 0.05) is 11.3 Å². The van der Waals surface area contributed by atoms with Gasteiger partial charge >= 0.3 is 0 Å². The molecule has 7 heteroatoms. The predicted molar refractivity (Wildman–Crippen MR) is 67.2 cm³/mol. The third-order valence-corrected chi connectivity index (χ3v) is 3.00. The summed E-state index contributed by atoms with van der Waals surface area (Å²) in [4.78, 5) is 0. The molecule has 0 unspecified atom stereocenters. The smallest absolute Gasteiger partial charge is 0.157 e. The number of aliphatic hydroxyl groups excluding tert-OH is 3. The monoisotopic (exact) mass is 268 g/mol. The average molecular weight is 268 g/mol. The Hall–Kier alpha value is -1.67. The molecule has 1 aromatic carbocycles. The summed E-state index contributed by atoms with van der Waals surface area (Å²) in [6.07, 6.45) is -2.74. The number of anilines is 1. The van der Waals surface area contributed by atoms with E-state index in [1.165, 1.54) is 6.21 Å². The second kappa shape index (κ2) is 5.98. The van der Waals surface area contributed by atoms with Crippen LogP contribution in [0.1, 0.15) is 5.56 Å². The first-order chi connectivity index (χ1) is 9.17. The van der Waals surface area contributed by atoms with Gasteiger partial charge in [-0.2, -0.15) is 0 Å². The molecule has 0 radical (unpaired) electrons. The van der Waals surface area contributed by atoms with E-state index in [4.69, 9.17) is 15.1 Å². The lowest BCUT2D eigenvalue weighted by molar-refractivity contribution is -0.0153. The lowest BCUT2D eigenvalue weighted by atomic mass is 10.1. The fourth-order valence-electron chi connectivity index (χ4n) is 1.98. The van der Waals surface area contributed by atoms with Gasteiger partial charge in [-0.25, -0.2) is 0 Å². The second-order valence-electron chi connectivity index (χ2n) is 4.24. The van der Waals surface area contributed by atoms with Crippen LogP contribution in [0.4, 0.5) is 5.69 Å². The molecule has 1 fully saturated rings. The van der Waals surface area contributed by atoms with Gasteiger partial charge in [0.05, 0.1) is 12.8 Å². The number of hydrogen-bond donors (Lipinski definition) is 5. The van der Waals surface area contributed by atoms with Crippen LogP contribution >= 0.6 is 0 Å². The molecule has 19 heavy (non-hydrogen) atoms. The number of oxime groups is 1. The zero-order valence-corrected chi connectivity index (χ0v) is 10.0. The highest BCUT2D eigenvalue weighted by Crippen LogP contribution is 2.24. The van der Waals surface area contributed by atoms with Crippen molar-refractivity contribution in [3.8, 4) is 0 Å². The summed E-state index contributed by atoms with van der Waals surface area (Å²) < 4.78 is 5.30. The molecule has 2 rings (SSSR count). The van der Waals surface area contributed by atoms with Crippen LogP contribution in [-0.2, 0) is 4.74 Å². The molecule has 1 aliphatic rings. The van der Waals surface area contributed by atoms with E-state index in [1.54, 1.807) is 24.3 Å². The molecule has 0 spiro atoms. The van der Waals surface area contributed by atoms with E-state index >= 15 is 0 Å². The van der Waals surface area contributed by atoms with Crippen molar-refractivity contribution in [3.63, 3.8) is 0 Å². The molecule has 1 saturated heterocycles. The normalized spacial score (nSPS) is 30.9. The molecular weight excluding hydrogens is 252 g/mol. The van der Waals surface area contributed by atoms with E-state index in [2.05, 4.69) is 10.5 Å². The Labute approximate surface area is 109 Å². The number of rotatable bonds is 4. The maximum Gasteiger partial charge on any atom is 0.157 e. The lowest BCUT2D eigenvalue weighted by Gasteiger charge is -2.18. The fraction of sp³-hybridized carbons (Fsp3) is 0.417. The minimum atomic E-state index is -1.16. The number of hydrogen-bond acceptors (Lipinski definition) is 7. The minimum absolute atomic E-state index is 0.379. The van der Waals surface area contributed by atoms with Gasteiger partial charge in [-0.3, -0.25) is 0 Å². The van der Waals surface area contributed by atoms with Crippen molar-refractivity contribution in [3.05, 3.63) is 29.8 Å². The lowest BCUT2D eigenvalue weighted by Crippen LogP contribution is -2.36. The standard InChI is InChI=1S/C12H16N2O5/c15-6-9-10(16)11(17)12(19-9)14-8-4-2-1-3-7(8)5-13-18/h1-5,9-12,14-18H,6H2/b13-5+/t9-,10+,11+,12-/m0/s1. The van der Waals surface area contributed by atoms with Gasteiger partial charge in [-0.05, 0) is 6.07 Å². The predicted octanol–water partition coefficient (Wildman–Crippen LogP) is -0.654. The van der Waals surface area contributed by atoms with Crippen molar-refractivity contribution in [1.29, 1.82) is 0 Å². The van der Waals surface area contributed by atoms with Crippen LogP contribution in [0, 0.1) is 0 Å². The third-order valence-electron chi connectivity index (χ3n) is 3.00. The molecule has 0 bridgehead atoms. The van der Waals surface area contributed by atoms with Gasteiger partial charge in [0.15, 0.2) is 6.23 Å². The van der Waals surface area contributed by atoms with Crippen LogP contribution in [-0.4, -0.2) is 57.9 Å². The summed E-state index contributed by atoms with van der Waals surface area (Å²) >= 11 is 0. The molecule has 104 valence electrons.